The number of benzene rings is 1. The first kappa shape index (κ1) is 16.3. The molecule has 2 N–H and O–H groups in total. The van der Waals surface area contributed by atoms with E-state index in [0.717, 1.165) is 17.7 Å². The van der Waals surface area contributed by atoms with Crippen LogP contribution in [0.4, 0.5) is 0 Å². The number of hydrogen-bond acceptors (Lipinski definition) is 5. The average molecular weight is 353 g/mol. The zero-order valence-corrected chi connectivity index (χ0v) is 14.4. The summed E-state index contributed by atoms with van der Waals surface area (Å²) in [4.78, 5) is 32.5. The van der Waals surface area contributed by atoms with Gasteiger partial charge in [0, 0.05) is 24.2 Å². The zero-order chi connectivity index (χ0) is 18.1. The molecule has 3 aromatic rings. The largest absolute Gasteiger partial charge is 0.493 e. The third-order valence-electron chi connectivity index (χ3n) is 4.38. The van der Waals surface area contributed by atoms with Crippen LogP contribution < -0.4 is 15.6 Å². The fourth-order valence-electron chi connectivity index (χ4n) is 3.11. The van der Waals surface area contributed by atoms with E-state index in [1.165, 1.54) is 10.6 Å². The molecule has 1 aromatic carbocycles. The van der Waals surface area contributed by atoms with Crippen molar-refractivity contribution in [3.05, 3.63) is 57.8 Å². The van der Waals surface area contributed by atoms with Gasteiger partial charge in [-0.15, -0.1) is 0 Å². The highest BCUT2D eigenvalue weighted by Crippen LogP contribution is 2.26. The van der Waals surface area contributed by atoms with E-state index in [4.69, 9.17) is 4.74 Å². The van der Waals surface area contributed by atoms with E-state index in [-0.39, 0.29) is 29.6 Å². The quantitative estimate of drug-likeness (QED) is 0.717. The molecule has 1 aliphatic heterocycles. The summed E-state index contributed by atoms with van der Waals surface area (Å²) >= 11 is 0. The van der Waals surface area contributed by atoms with Crippen molar-refractivity contribution in [1.82, 2.24) is 24.9 Å². The van der Waals surface area contributed by atoms with Gasteiger partial charge in [0.25, 0.3) is 11.3 Å². The van der Waals surface area contributed by atoms with Crippen LogP contribution in [0, 0.1) is 12.8 Å². The van der Waals surface area contributed by atoms with Crippen molar-refractivity contribution in [2.75, 3.05) is 13.2 Å². The molecule has 0 unspecified atom stereocenters. The Balaban J connectivity index is 1.36. The molecule has 8 heteroatoms. The van der Waals surface area contributed by atoms with Crippen molar-refractivity contribution >= 4 is 11.7 Å². The Morgan fingerprint density at radius 2 is 2.23 bits per heavy atom. The second kappa shape index (κ2) is 6.62. The lowest BCUT2D eigenvalue weighted by Crippen LogP contribution is -2.35. The van der Waals surface area contributed by atoms with Crippen LogP contribution in [0.5, 0.6) is 5.75 Å². The summed E-state index contributed by atoms with van der Waals surface area (Å²) in [5.41, 5.74) is 1.51. The number of nitrogens with zero attached hydrogens (tertiary/aromatic N) is 3. The van der Waals surface area contributed by atoms with E-state index in [1.807, 2.05) is 24.3 Å². The molecule has 0 saturated carbocycles. The van der Waals surface area contributed by atoms with Gasteiger partial charge in [-0.1, -0.05) is 18.2 Å². The summed E-state index contributed by atoms with van der Waals surface area (Å²) < 4.78 is 6.97. The Bertz CT molecular complexity index is 1020. The predicted octanol–water partition coefficient (Wildman–Crippen LogP) is 0.636. The summed E-state index contributed by atoms with van der Waals surface area (Å²) in [5.74, 6) is 1.67. The molecule has 134 valence electrons. The monoisotopic (exact) mass is 353 g/mol. The number of para-hydroxylation sites is 1. The summed E-state index contributed by atoms with van der Waals surface area (Å²) in [6.07, 6.45) is 0.936. The van der Waals surface area contributed by atoms with Gasteiger partial charge in [-0.25, -0.2) is 4.98 Å². The number of nitrogens with one attached hydrogen (secondary N) is 2. The first-order chi connectivity index (χ1) is 12.6. The van der Waals surface area contributed by atoms with Crippen molar-refractivity contribution < 1.29 is 9.53 Å². The first-order valence-electron chi connectivity index (χ1n) is 8.51. The van der Waals surface area contributed by atoms with Crippen LogP contribution in [-0.4, -0.2) is 38.6 Å². The van der Waals surface area contributed by atoms with Gasteiger partial charge < -0.3 is 10.1 Å². The Hall–Kier alpha value is -3.16. The zero-order valence-electron chi connectivity index (χ0n) is 14.4. The first-order valence-corrected chi connectivity index (χ1v) is 8.51. The number of amides is 1. The number of carbonyl (C=O) groups excluding carboxylic acids is 1. The molecular formula is C18H19N5O3. The predicted molar refractivity (Wildman–Crippen MR) is 94.2 cm³/mol. The molecule has 1 aliphatic rings. The van der Waals surface area contributed by atoms with E-state index < -0.39 is 0 Å². The van der Waals surface area contributed by atoms with Crippen molar-refractivity contribution in [3.8, 4) is 5.75 Å². The van der Waals surface area contributed by atoms with Crippen LogP contribution in [0.15, 0.2) is 35.1 Å². The van der Waals surface area contributed by atoms with E-state index in [9.17, 15) is 9.59 Å². The van der Waals surface area contributed by atoms with Gasteiger partial charge in [-0.3, -0.25) is 14.7 Å². The highest BCUT2D eigenvalue weighted by Gasteiger charge is 2.20. The minimum absolute atomic E-state index is 0.0615. The van der Waals surface area contributed by atoms with Gasteiger partial charge in [-0.05, 0) is 25.0 Å². The second-order valence-electron chi connectivity index (χ2n) is 6.51. The number of hydrogen-bond donors (Lipinski definition) is 2. The van der Waals surface area contributed by atoms with Crippen LogP contribution in [0.1, 0.15) is 17.1 Å². The van der Waals surface area contributed by atoms with Gasteiger partial charge in [0.1, 0.15) is 11.6 Å². The Morgan fingerprint density at radius 3 is 3.12 bits per heavy atom. The standard InChI is InChI=1S/C18H19N5O3/c1-11-6-17(25)23-18(20-11)21-15(22-23)8-16(24)19-9-12-7-13-4-2-3-5-14(13)26-10-12/h2-6,12H,7-10H2,1H3,(H,19,24)(H,20,21,22)/t12-/m1/s1. The molecule has 0 fully saturated rings. The minimum atomic E-state index is -0.246. The summed E-state index contributed by atoms with van der Waals surface area (Å²) in [7, 11) is 0. The number of rotatable bonds is 4. The van der Waals surface area contributed by atoms with E-state index in [1.54, 1.807) is 6.92 Å². The fourth-order valence-corrected chi connectivity index (χ4v) is 3.11. The Kier molecular flexibility index (Phi) is 4.16. The molecule has 3 heterocycles. The number of aromatic nitrogens is 4. The molecular weight excluding hydrogens is 334 g/mol. The third kappa shape index (κ3) is 3.30. The maximum absolute atomic E-state index is 12.2. The number of fused-ring (bicyclic) bond motifs is 2. The van der Waals surface area contributed by atoms with Gasteiger partial charge in [0.15, 0.2) is 0 Å². The summed E-state index contributed by atoms with van der Waals surface area (Å²) in [6, 6.07) is 9.36. The normalized spacial score (nSPS) is 16.1. The summed E-state index contributed by atoms with van der Waals surface area (Å²) in [6.45, 7) is 2.85. The highest BCUT2D eigenvalue weighted by atomic mass is 16.5. The third-order valence-corrected chi connectivity index (χ3v) is 4.38. The fraction of sp³-hybridized carbons (Fsp3) is 0.333. The number of aromatic amines is 1. The second-order valence-corrected chi connectivity index (χ2v) is 6.51. The molecule has 2 aromatic heterocycles. The van der Waals surface area contributed by atoms with Crippen LogP contribution in [-0.2, 0) is 17.6 Å². The Morgan fingerprint density at radius 1 is 1.38 bits per heavy atom. The molecule has 1 atom stereocenters. The molecule has 26 heavy (non-hydrogen) atoms. The number of aryl methyl sites for hydroxylation is 1. The van der Waals surface area contributed by atoms with Gasteiger partial charge in [0.05, 0.1) is 13.0 Å². The molecule has 0 saturated heterocycles. The van der Waals surface area contributed by atoms with Gasteiger partial charge in [-0.2, -0.15) is 9.50 Å². The van der Waals surface area contributed by atoms with Crippen LogP contribution in [0.3, 0.4) is 0 Å². The lowest BCUT2D eigenvalue weighted by molar-refractivity contribution is -0.120. The maximum Gasteiger partial charge on any atom is 0.274 e. The number of H-pyrrole nitrogens is 1. The molecule has 0 spiro atoms. The summed E-state index contributed by atoms with van der Waals surface area (Å²) in [5, 5.41) is 5.73. The maximum atomic E-state index is 12.2. The van der Waals surface area contributed by atoms with Crippen LogP contribution >= 0.6 is 0 Å². The van der Waals surface area contributed by atoms with Gasteiger partial charge >= 0.3 is 0 Å². The average Bonchev–Trinajstić information content (AvgIpc) is 3.02. The lowest BCUT2D eigenvalue weighted by atomic mass is 9.97. The Labute approximate surface area is 149 Å². The SMILES string of the molecule is Cc1cc(=O)n2[nH]c(CC(=O)NC[C@@H]3COc4ccccc4C3)nc2n1. The number of ether oxygens (including phenoxy) is 1. The lowest BCUT2D eigenvalue weighted by Gasteiger charge is -2.25. The topological polar surface area (TPSA) is 101 Å². The number of carbonyl (C=O) groups is 1. The van der Waals surface area contributed by atoms with Crippen molar-refractivity contribution in [2.45, 2.75) is 19.8 Å². The van der Waals surface area contributed by atoms with Crippen LogP contribution in [0.2, 0.25) is 0 Å². The molecule has 4 rings (SSSR count). The van der Waals surface area contributed by atoms with E-state index in [2.05, 4.69) is 20.4 Å². The van der Waals surface area contributed by atoms with E-state index in [0.29, 0.717) is 24.7 Å². The van der Waals surface area contributed by atoms with Gasteiger partial charge in [0.2, 0.25) is 5.91 Å². The van der Waals surface area contributed by atoms with Crippen molar-refractivity contribution in [3.63, 3.8) is 0 Å². The molecule has 0 bridgehead atoms. The molecule has 0 aliphatic carbocycles. The van der Waals surface area contributed by atoms with E-state index >= 15 is 0 Å². The van der Waals surface area contributed by atoms with Crippen molar-refractivity contribution in [2.24, 2.45) is 5.92 Å². The van der Waals surface area contributed by atoms with Crippen LogP contribution in [0.25, 0.3) is 5.78 Å². The smallest absolute Gasteiger partial charge is 0.274 e. The molecule has 0 radical (unpaired) electrons. The molecule has 8 nitrogen and oxygen atoms in total. The molecule has 1 amide bonds. The highest BCUT2D eigenvalue weighted by molar-refractivity contribution is 5.77. The van der Waals surface area contributed by atoms with Crippen molar-refractivity contribution in [1.29, 1.82) is 0 Å². The minimum Gasteiger partial charge on any atom is -0.493 e.